The number of hydrogen-bond donors (Lipinski definition) is 2. The maximum Gasteiger partial charge on any atom is 0.417 e. The van der Waals surface area contributed by atoms with E-state index in [1.165, 1.54) is 42.5 Å². The normalized spacial score (nSPS) is 11.9. The highest BCUT2D eigenvalue weighted by Gasteiger charge is 2.35. The van der Waals surface area contributed by atoms with E-state index >= 15 is 0 Å². The first kappa shape index (κ1) is 26.7. The Morgan fingerprint density at radius 1 is 1.03 bits per heavy atom. The first-order valence-corrected chi connectivity index (χ1v) is 11.8. The zero-order valence-electron chi connectivity index (χ0n) is 18.1. The number of carboxylic acids is 1. The van der Waals surface area contributed by atoms with Gasteiger partial charge in [0.2, 0.25) is 0 Å². The third-order valence-corrected chi connectivity index (χ3v) is 6.86. The lowest BCUT2D eigenvalue weighted by Gasteiger charge is -2.24. The molecule has 8 nitrogen and oxygen atoms in total. The van der Waals surface area contributed by atoms with Crippen LogP contribution in [0.15, 0.2) is 82.8 Å². The van der Waals surface area contributed by atoms with Gasteiger partial charge in [0, 0.05) is 5.56 Å². The number of carbonyl (C=O) groups excluding carboxylic acids is 1. The lowest BCUT2D eigenvalue weighted by Crippen LogP contribution is -2.39. The predicted molar refractivity (Wildman–Crippen MR) is 127 cm³/mol. The number of nitrogens with zero attached hydrogens (tertiary/aromatic N) is 2. The van der Waals surface area contributed by atoms with Crippen LogP contribution < -0.4 is 9.73 Å². The van der Waals surface area contributed by atoms with Crippen LogP contribution in [0.25, 0.3) is 0 Å². The Kier molecular flexibility index (Phi) is 8.00. The molecule has 188 valence electrons. The molecule has 0 radical (unpaired) electrons. The number of aromatic carboxylic acids is 1. The van der Waals surface area contributed by atoms with Crippen LogP contribution >= 0.6 is 11.6 Å². The number of anilines is 1. The van der Waals surface area contributed by atoms with E-state index in [0.717, 1.165) is 18.3 Å². The van der Waals surface area contributed by atoms with Gasteiger partial charge < -0.3 is 5.11 Å². The van der Waals surface area contributed by atoms with Crippen LogP contribution in [-0.4, -0.2) is 38.2 Å². The molecule has 0 aliphatic heterocycles. The van der Waals surface area contributed by atoms with Gasteiger partial charge in [-0.15, -0.1) is 0 Å². The van der Waals surface area contributed by atoms with Gasteiger partial charge in [-0.05, 0) is 36.4 Å². The molecule has 3 aromatic carbocycles. The number of carboxylic acid groups (broad SMARTS) is 1. The fourth-order valence-electron chi connectivity index (χ4n) is 3.06. The second kappa shape index (κ2) is 10.8. The monoisotopic (exact) mass is 539 g/mol. The summed E-state index contributed by atoms with van der Waals surface area (Å²) in [4.78, 5) is 23.6. The fraction of sp³-hybridized carbons (Fsp3) is 0.0870. The van der Waals surface area contributed by atoms with Crippen molar-refractivity contribution in [2.24, 2.45) is 5.10 Å². The van der Waals surface area contributed by atoms with Gasteiger partial charge in [-0.2, -0.15) is 18.3 Å². The number of rotatable bonds is 8. The van der Waals surface area contributed by atoms with Crippen molar-refractivity contribution in [3.8, 4) is 0 Å². The molecule has 0 bridgehead atoms. The van der Waals surface area contributed by atoms with E-state index in [4.69, 9.17) is 11.6 Å². The van der Waals surface area contributed by atoms with E-state index < -0.39 is 50.9 Å². The van der Waals surface area contributed by atoms with E-state index in [-0.39, 0.29) is 16.0 Å². The molecule has 0 aromatic heterocycles. The first-order chi connectivity index (χ1) is 16.9. The first-order valence-electron chi connectivity index (χ1n) is 10.00. The van der Waals surface area contributed by atoms with Gasteiger partial charge in [-0.1, -0.05) is 48.0 Å². The third kappa shape index (κ3) is 6.20. The Labute approximate surface area is 208 Å². The second-order valence-corrected chi connectivity index (χ2v) is 9.44. The number of hydrazone groups is 1. The molecule has 0 spiro atoms. The molecule has 13 heteroatoms. The Bertz CT molecular complexity index is 1410. The number of halogens is 4. The lowest BCUT2D eigenvalue weighted by molar-refractivity contribution is -0.137. The topological polar surface area (TPSA) is 116 Å². The summed E-state index contributed by atoms with van der Waals surface area (Å²) in [5.74, 6) is -2.23. The molecular formula is C23H17ClF3N3O5S. The van der Waals surface area contributed by atoms with Crippen LogP contribution in [0, 0.1) is 0 Å². The summed E-state index contributed by atoms with van der Waals surface area (Å²) in [6.45, 7) is -0.936. The van der Waals surface area contributed by atoms with Crippen molar-refractivity contribution in [3.05, 3.63) is 94.5 Å². The van der Waals surface area contributed by atoms with Crippen molar-refractivity contribution in [3.63, 3.8) is 0 Å². The summed E-state index contributed by atoms with van der Waals surface area (Å²) < 4.78 is 67.2. The highest BCUT2D eigenvalue weighted by atomic mass is 35.5. The van der Waals surface area contributed by atoms with Crippen molar-refractivity contribution < 1.29 is 36.3 Å². The Morgan fingerprint density at radius 3 is 2.31 bits per heavy atom. The maximum atomic E-state index is 13.4. The minimum atomic E-state index is -4.88. The summed E-state index contributed by atoms with van der Waals surface area (Å²) in [5, 5.41) is 12.2. The van der Waals surface area contributed by atoms with E-state index in [2.05, 4.69) is 10.5 Å². The van der Waals surface area contributed by atoms with E-state index in [9.17, 15) is 36.3 Å². The number of sulfonamides is 1. The van der Waals surface area contributed by atoms with E-state index in [1.54, 1.807) is 12.1 Å². The number of amides is 1. The van der Waals surface area contributed by atoms with Crippen molar-refractivity contribution >= 4 is 45.4 Å². The molecule has 0 aliphatic rings. The molecule has 0 fully saturated rings. The smallest absolute Gasteiger partial charge is 0.417 e. The fourth-order valence-corrected chi connectivity index (χ4v) is 4.72. The van der Waals surface area contributed by atoms with Gasteiger partial charge in [0.1, 0.15) is 6.54 Å². The van der Waals surface area contributed by atoms with Gasteiger partial charge in [0.25, 0.3) is 15.9 Å². The average Bonchev–Trinajstić information content (AvgIpc) is 2.83. The van der Waals surface area contributed by atoms with Crippen LogP contribution in [-0.2, 0) is 21.0 Å². The number of hydrogen-bond acceptors (Lipinski definition) is 5. The molecule has 0 atom stereocenters. The van der Waals surface area contributed by atoms with Crippen LogP contribution in [0.4, 0.5) is 18.9 Å². The number of nitrogens with one attached hydrogen (secondary N) is 1. The minimum Gasteiger partial charge on any atom is -0.478 e. The molecule has 0 saturated heterocycles. The molecule has 3 rings (SSSR count). The molecule has 0 heterocycles. The van der Waals surface area contributed by atoms with Crippen LogP contribution in [0.5, 0.6) is 0 Å². The van der Waals surface area contributed by atoms with Crippen molar-refractivity contribution in [2.45, 2.75) is 11.1 Å². The van der Waals surface area contributed by atoms with E-state index in [0.29, 0.717) is 10.4 Å². The maximum absolute atomic E-state index is 13.4. The van der Waals surface area contributed by atoms with Gasteiger partial charge in [-0.3, -0.25) is 9.10 Å². The standard InChI is InChI=1S/C23H17ClF3N3O5S/c24-20-11-10-16(12-19(20)23(25,26)27)30(36(34,35)17-7-2-1-3-8-17)14-21(31)29-28-13-15-6-4-5-9-18(15)22(32)33/h1-13H,14H2,(H,29,31)(H,32,33)/b28-13-. The van der Waals surface area contributed by atoms with Crippen molar-refractivity contribution in [2.75, 3.05) is 10.8 Å². The highest BCUT2D eigenvalue weighted by molar-refractivity contribution is 7.92. The van der Waals surface area contributed by atoms with E-state index in [1.807, 2.05) is 0 Å². The highest BCUT2D eigenvalue weighted by Crippen LogP contribution is 2.38. The Morgan fingerprint density at radius 2 is 1.67 bits per heavy atom. The number of benzene rings is 3. The quantitative estimate of drug-likeness (QED) is 0.325. The number of alkyl halides is 3. The molecule has 3 aromatic rings. The number of carbonyl (C=O) groups is 2. The largest absolute Gasteiger partial charge is 0.478 e. The molecule has 1 amide bonds. The Balaban J connectivity index is 1.94. The van der Waals surface area contributed by atoms with Crippen LogP contribution in [0.3, 0.4) is 0 Å². The van der Waals surface area contributed by atoms with Crippen molar-refractivity contribution in [1.29, 1.82) is 0 Å². The van der Waals surface area contributed by atoms with Crippen LogP contribution in [0.2, 0.25) is 5.02 Å². The molecule has 0 saturated carbocycles. The molecule has 2 N–H and O–H groups in total. The van der Waals surface area contributed by atoms with Crippen molar-refractivity contribution in [1.82, 2.24) is 5.43 Å². The summed E-state index contributed by atoms with van der Waals surface area (Å²) in [5.41, 5.74) is 0.395. The van der Waals surface area contributed by atoms with Gasteiger partial charge in [0.15, 0.2) is 0 Å². The molecule has 0 aliphatic carbocycles. The van der Waals surface area contributed by atoms with Crippen LogP contribution in [0.1, 0.15) is 21.5 Å². The average molecular weight is 540 g/mol. The van der Waals surface area contributed by atoms with Gasteiger partial charge in [0.05, 0.1) is 32.9 Å². The predicted octanol–water partition coefficient (Wildman–Crippen LogP) is 4.40. The van der Waals surface area contributed by atoms with Gasteiger partial charge in [-0.25, -0.2) is 18.6 Å². The minimum absolute atomic E-state index is 0.0929. The summed E-state index contributed by atoms with van der Waals surface area (Å²) in [6, 6.07) is 15.1. The Hall–Kier alpha value is -3.90. The molecule has 36 heavy (non-hydrogen) atoms. The second-order valence-electron chi connectivity index (χ2n) is 7.17. The zero-order chi connectivity index (χ0) is 26.5. The third-order valence-electron chi connectivity index (χ3n) is 4.75. The lowest BCUT2D eigenvalue weighted by atomic mass is 10.1. The zero-order valence-corrected chi connectivity index (χ0v) is 19.7. The SMILES string of the molecule is O=C(CN(c1ccc(Cl)c(C(F)(F)F)c1)S(=O)(=O)c1ccccc1)N/N=C\c1ccccc1C(=O)O. The summed E-state index contributed by atoms with van der Waals surface area (Å²) >= 11 is 5.66. The molecule has 0 unspecified atom stereocenters. The van der Waals surface area contributed by atoms with Gasteiger partial charge >= 0.3 is 12.1 Å². The summed E-state index contributed by atoms with van der Waals surface area (Å²) in [7, 11) is -4.49. The summed E-state index contributed by atoms with van der Waals surface area (Å²) in [6.07, 6.45) is -3.83. The molecular weight excluding hydrogens is 523 g/mol.